The molecule has 2 amide bonds. The number of hydrogen-bond donors (Lipinski definition) is 2. The summed E-state index contributed by atoms with van der Waals surface area (Å²) in [7, 11) is 0. The van der Waals surface area contributed by atoms with Crippen LogP contribution in [-0.4, -0.2) is 17.4 Å². The fourth-order valence-electron chi connectivity index (χ4n) is 1.69. The van der Waals surface area contributed by atoms with Gasteiger partial charge in [0.25, 0.3) is 0 Å². The highest BCUT2D eigenvalue weighted by Gasteiger charge is 2.23. The van der Waals surface area contributed by atoms with Gasteiger partial charge in [0.1, 0.15) is 0 Å². The van der Waals surface area contributed by atoms with Gasteiger partial charge in [0.05, 0.1) is 0 Å². The van der Waals surface area contributed by atoms with Crippen LogP contribution in [0.25, 0.3) is 0 Å². The summed E-state index contributed by atoms with van der Waals surface area (Å²) in [5.41, 5.74) is 5.74. The van der Waals surface area contributed by atoms with E-state index in [1.807, 2.05) is 0 Å². The second kappa shape index (κ2) is 5.03. The average molecular weight is 251 g/mol. The molecule has 6 nitrogen and oxygen atoms in total. The van der Waals surface area contributed by atoms with Crippen LogP contribution in [0.5, 0.6) is 0 Å². The molecule has 1 aromatic rings. The number of nitrogens with two attached hydrogens (primary N) is 1. The van der Waals surface area contributed by atoms with Crippen LogP contribution in [0, 0.1) is 12.1 Å². The van der Waals surface area contributed by atoms with E-state index in [4.69, 9.17) is 5.73 Å². The Kier molecular flexibility index (Phi) is 3.90. The maximum Gasteiger partial charge on any atom is 0.309 e. The zero-order valence-electron chi connectivity index (χ0n) is 10.7. The molecule has 0 spiro atoms. The third kappa shape index (κ3) is 3.73. The van der Waals surface area contributed by atoms with Crippen LogP contribution in [0.1, 0.15) is 25.1 Å². The standard InChI is InChI=1S/C12H17N3O3/c1-8-6-9(4-5-15(8)18)7-12(2,3)14-11(17)10(13)16/h4-6H,7H2,1-3H3,(H2,13,16)(H,14,17). The lowest BCUT2D eigenvalue weighted by Crippen LogP contribution is -2.49. The lowest BCUT2D eigenvalue weighted by molar-refractivity contribution is -0.612. The minimum absolute atomic E-state index is 0.494. The molecule has 0 radical (unpaired) electrons. The molecule has 6 heteroatoms. The zero-order chi connectivity index (χ0) is 13.9. The number of rotatable bonds is 3. The van der Waals surface area contributed by atoms with Crippen LogP contribution in [0.15, 0.2) is 18.3 Å². The summed E-state index contributed by atoms with van der Waals surface area (Å²) in [6.45, 7) is 5.26. The van der Waals surface area contributed by atoms with Gasteiger partial charge in [-0.3, -0.25) is 9.59 Å². The number of carbonyl (C=O) groups is 2. The number of aryl methyl sites for hydroxylation is 1. The molecule has 0 atom stereocenters. The molecule has 0 saturated carbocycles. The van der Waals surface area contributed by atoms with Crippen LogP contribution < -0.4 is 15.8 Å². The van der Waals surface area contributed by atoms with Crippen molar-refractivity contribution in [3.63, 3.8) is 0 Å². The maximum absolute atomic E-state index is 11.2. The van der Waals surface area contributed by atoms with Crippen molar-refractivity contribution in [2.45, 2.75) is 32.7 Å². The number of aromatic nitrogens is 1. The van der Waals surface area contributed by atoms with E-state index in [1.54, 1.807) is 32.9 Å². The summed E-state index contributed by atoms with van der Waals surface area (Å²) in [4.78, 5) is 21.9. The molecule has 0 aliphatic carbocycles. The van der Waals surface area contributed by atoms with Gasteiger partial charge in [-0.1, -0.05) is 0 Å². The third-order valence-corrected chi connectivity index (χ3v) is 2.49. The molecule has 0 bridgehead atoms. The van der Waals surface area contributed by atoms with Gasteiger partial charge in [0.2, 0.25) is 0 Å². The van der Waals surface area contributed by atoms with Gasteiger partial charge in [-0.25, -0.2) is 0 Å². The van der Waals surface area contributed by atoms with Gasteiger partial charge in [-0.05, 0) is 25.8 Å². The quantitative estimate of drug-likeness (QED) is 0.432. The Morgan fingerprint density at radius 1 is 1.50 bits per heavy atom. The molecule has 0 fully saturated rings. The minimum atomic E-state index is -1.01. The molecule has 98 valence electrons. The molecule has 0 unspecified atom stereocenters. The molecule has 1 aromatic heterocycles. The van der Waals surface area contributed by atoms with Crippen molar-refractivity contribution >= 4 is 11.8 Å². The molecule has 0 aliphatic heterocycles. The first-order chi connectivity index (χ1) is 8.21. The van der Waals surface area contributed by atoms with E-state index >= 15 is 0 Å². The number of nitrogens with one attached hydrogen (secondary N) is 1. The van der Waals surface area contributed by atoms with Crippen LogP contribution in [0.4, 0.5) is 0 Å². The predicted molar refractivity (Wildman–Crippen MR) is 65.3 cm³/mol. The van der Waals surface area contributed by atoms with Gasteiger partial charge in [-0.15, -0.1) is 0 Å². The van der Waals surface area contributed by atoms with Crippen LogP contribution in [0.3, 0.4) is 0 Å². The van der Waals surface area contributed by atoms with Crippen molar-refractivity contribution in [1.82, 2.24) is 5.32 Å². The number of pyridine rings is 1. The molecule has 0 aliphatic rings. The van der Waals surface area contributed by atoms with Gasteiger partial charge in [0, 0.05) is 24.6 Å². The van der Waals surface area contributed by atoms with E-state index in [2.05, 4.69) is 5.32 Å². The summed E-state index contributed by atoms with van der Waals surface area (Å²) < 4.78 is 0.762. The lowest BCUT2D eigenvalue weighted by atomic mass is 9.95. The summed E-state index contributed by atoms with van der Waals surface area (Å²) in [6.07, 6.45) is 1.91. The Balaban J connectivity index is 2.78. The van der Waals surface area contributed by atoms with E-state index in [-0.39, 0.29) is 0 Å². The van der Waals surface area contributed by atoms with Crippen molar-refractivity contribution in [3.8, 4) is 0 Å². The summed E-state index contributed by atoms with van der Waals surface area (Å²) in [5.74, 6) is -1.82. The fourth-order valence-corrected chi connectivity index (χ4v) is 1.69. The van der Waals surface area contributed by atoms with E-state index in [0.29, 0.717) is 12.1 Å². The van der Waals surface area contributed by atoms with Gasteiger partial charge in [-0.2, -0.15) is 4.73 Å². The topological polar surface area (TPSA) is 99.1 Å². The van der Waals surface area contributed by atoms with Gasteiger partial charge in [0.15, 0.2) is 11.9 Å². The molecule has 0 aromatic carbocycles. The summed E-state index contributed by atoms with van der Waals surface area (Å²) in [5, 5.41) is 13.7. The highest BCUT2D eigenvalue weighted by atomic mass is 16.5. The molecular weight excluding hydrogens is 234 g/mol. The lowest BCUT2D eigenvalue weighted by Gasteiger charge is -2.25. The first kappa shape index (κ1) is 14.0. The monoisotopic (exact) mass is 251 g/mol. The van der Waals surface area contributed by atoms with Crippen molar-refractivity contribution in [2.75, 3.05) is 0 Å². The Morgan fingerprint density at radius 2 is 2.11 bits per heavy atom. The number of amides is 2. The van der Waals surface area contributed by atoms with Crippen LogP contribution in [0.2, 0.25) is 0 Å². The highest BCUT2D eigenvalue weighted by molar-refractivity contribution is 6.34. The largest absolute Gasteiger partial charge is 0.619 e. The molecule has 0 saturated heterocycles. The molecule has 3 N–H and O–H groups in total. The first-order valence-electron chi connectivity index (χ1n) is 5.52. The minimum Gasteiger partial charge on any atom is -0.619 e. The Morgan fingerprint density at radius 3 is 2.61 bits per heavy atom. The van der Waals surface area contributed by atoms with E-state index in [9.17, 15) is 14.8 Å². The normalized spacial score (nSPS) is 11.1. The van der Waals surface area contributed by atoms with E-state index in [1.165, 1.54) is 6.20 Å². The summed E-state index contributed by atoms with van der Waals surface area (Å²) in [6, 6.07) is 3.42. The van der Waals surface area contributed by atoms with Crippen LogP contribution >= 0.6 is 0 Å². The maximum atomic E-state index is 11.2. The van der Waals surface area contributed by atoms with Crippen molar-refractivity contribution in [1.29, 1.82) is 0 Å². The number of primary amides is 1. The van der Waals surface area contributed by atoms with Gasteiger partial charge >= 0.3 is 11.8 Å². The smallest absolute Gasteiger partial charge is 0.309 e. The van der Waals surface area contributed by atoms with E-state index < -0.39 is 17.4 Å². The zero-order valence-corrected chi connectivity index (χ0v) is 10.7. The van der Waals surface area contributed by atoms with Crippen molar-refractivity contribution in [2.24, 2.45) is 5.73 Å². The summed E-state index contributed by atoms with van der Waals surface area (Å²) >= 11 is 0. The van der Waals surface area contributed by atoms with Crippen molar-refractivity contribution < 1.29 is 14.3 Å². The van der Waals surface area contributed by atoms with Crippen molar-refractivity contribution in [3.05, 3.63) is 34.8 Å². The van der Waals surface area contributed by atoms with Crippen LogP contribution in [-0.2, 0) is 16.0 Å². The molecular formula is C12H17N3O3. The average Bonchev–Trinajstić information content (AvgIpc) is 2.22. The molecule has 1 rings (SSSR count). The fraction of sp³-hybridized carbons (Fsp3) is 0.417. The molecule has 18 heavy (non-hydrogen) atoms. The predicted octanol–water partition coefficient (Wildman–Crippen LogP) is -0.449. The first-order valence-corrected chi connectivity index (χ1v) is 5.52. The number of hydrogen-bond acceptors (Lipinski definition) is 3. The highest BCUT2D eigenvalue weighted by Crippen LogP contribution is 2.12. The molecule has 1 heterocycles. The SMILES string of the molecule is Cc1cc(CC(C)(C)NC(=O)C(N)=O)cc[n+]1[O-]. The Hall–Kier alpha value is -2.11. The van der Waals surface area contributed by atoms with Gasteiger partial charge < -0.3 is 16.3 Å². The second-order valence-corrected chi connectivity index (χ2v) is 4.88. The number of nitrogens with zero attached hydrogens (tertiary/aromatic N) is 1. The van der Waals surface area contributed by atoms with E-state index in [0.717, 1.165) is 10.3 Å². The third-order valence-electron chi connectivity index (χ3n) is 2.49. The Labute approximate surface area is 105 Å². The Bertz CT molecular complexity index is 483. The second-order valence-electron chi connectivity index (χ2n) is 4.88. The number of carbonyl (C=O) groups excluding carboxylic acids is 2.